The van der Waals surface area contributed by atoms with Crippen LogP contribution in [0.15, 0.2) is 36.4 Å². The third-order valence-electron chi connectivity index (χ3n) is 8.70. The lowest BCUT2D eigenvalue weighted by Crippen LogP contribution is -2.45. The van der Waals surface area contributed by atoms with Crippen LogP contribution in [0.3, 0.4) is 0 Å². The van der Waals surface area contributed by atoms with Crippen molar-refractivity contribution in [2.75, 3.05) is 51.2 Å². The molecule has 2 aromatic carbocycles. The highest BCUT2D eigenvalue weighted by Crippen LogP contribution is 2.65. The Hall–Kier alpha value is -2.30. The number of fused-ring (bicyclic) bond motifs is 2. The standard InChI is InChI=1S/C28H32Cl2N6/c1-34-10-12-35(13-11-34)8-3-9-36(27-32-24-15-22(29)23(30)16-25(24)33-27)26-6-7-28(17-21(26)28)20-5-2-4-19(14-20)18-31/h2,4-5,14-16,21,26H,3,6-13,17H2,1H3,(H,32,33)/t21-,26-,28-/m1/s1. The van der Waals surface area contributed by atoms with Gasteiger partial charge in [0, 0.05) is 44.2 Å². The Morgan fingerprint density at radius 1 is 1.17 bits per heavy atom. The Morgan fingerprint density at radius 2 is 1.97 bits per heavy atom. The molecular weight excluding hydrogens is 491 g/mol. The number of benzene rings is 2. The van der Waals surface area contributed by atoms with Crippen molar-refractivity contribution in [1.82, 2.24) is 19.8 Å². The number of aromatic amines is 1. The van der Waals surface area contributed by atoms with Gasteiger partial charge in [0.2, 0.25) is 5.95 Å². The van der Waals surface area contributed by atoms with Gasteiger partial charge in [0.15, 0.2) is 0 Å². The molecule has 0 bridgehead atoms. The maximum absolute atomic E-state index is 9.42. The SMILES string of the molecule is CN1CCN(CCCN(c2nc3cc(Cl)c(Cl)cc3[nH]2)[C@@H]2CC[C@]3(c4cccc(C#N)c4)C[C@H]23)CC1. The zero-order valence-corrected chi connectivity index (χ0v) is 22.2. The molecule has 1 aromatic heterocycles. The molecule has 3 fully saturated rings. The summed E-state index contributed by atoms with van der Waals surface area (Å²) in [5.41, 5.74) is 4.06. The van der Waals surface area contributed by atoms with Gasteiger partial charge in [-0.2, -0.15) is 5.26 Å². The molecule has 3 aliphatic rings. The van der Waals surface area contributed by atoms with Crippen LogP contribution in [0.5, 0.6) is 0 Å². The van der Waals surface area contributed by atoms with Crippen molar-refractivity contribution >= 4 is 40.2 Å². The van der Waals surface area contributed by atoms with Gasteiger partial charge in [-0.1, -0.05) is 35.3 Å². The van der Waals surface area contributed by atoms with E-state index in [1.54, 1.807) is 0 Å². The first kappa shape index (κ1) is 24.1. The summed E-state index contributed by atoms with van der Waals surface area (Å²) in [5, 5.41) is 10.5. The zero-order chi connectivity index (χ0) is 24.9. The highest BCUT2D eigenvalue weighted by molar-refractivity contribution is 6.42. The van der Waals surface area contributed by atoms with Crippen LogP contribution < -0.4 is 4.90 Å². The number of nitrogens with one attached hydrogen (secondary N) is 1. The Kier molecular flexibility index (Phi) is 6.37. The van der Waals surface area contributed by atoms with E-state index in [9.17, 15) is 5.26 Å². The van der Waals surface area contributed by atoms with E-state index in [-0.39, 0.29) is 5.41 Å². The number of halogens is 2. The van der Waals surface area contributed by atoms with Gasteiger partial charge in [0.25, 0.3) is 0 Å². The predicted octanol–water partition coefficient (Wildman–Crippen LogP) is 5.31. The van der Waals surface area contributed by atoms with Crippen molar-refractivity contribution in [2.24, 2.45) is 5.92 Å². The van der Waals surface area contributed by atoms with Crippen LogP contribution in [-0.2, 0) is 5.41 Å². The summed E-state index contributed by atoms with van der Waals surface area (Å²) in [4.78, 5) is 16.0. The van der Waals surface area contributed by atoms with E-state index in [4.69, 9.17) is 28.2 Å². The summed E-state index contributed by atoms with van der Waals surface area (Å²) >= 11 is 12.6. The fourth-order valence-electron chi connectivity index (χ4n) is 6.57. The number of hydrogen-bond donors (Lipinski definition) is 1. The van der Waals surface area contributed by atoms with Crippen LogP contribution in [0.2, 0.25) is 10.0 Å². The Labute approximate surface area is 222 Å². The van der Waals surface area contributed by atoms with Gasteiger partial charge >= 0.3 is 0 Å². The maximum atomic E-state index is 9.42. The summed E-state index contributed by atoms with van der Waals surface area (Å²) in [7, 11) is 2.20. The van der Waals surface area contributed by atoms with Crippen molar-refractivity contribution in [3.63, 3.8) is 0 Å². The number of nitrogens with zero attached hydrogens (tertiary/aromatic N) is 5. The van der Waals surface area contributed by atoms with Crippen molar-refractivity contribution in [1.29, 1.82) is 5.26 Å². The maximum Gasteiger partial charge on any atom is 0.204 e. The summed E-state index contributed by atoms with van der Waals surface area (Å²) in [6, 6.07) is 14.7. The van der Waals surface area contributed by atoms with Crippen molar-refractivity contribution in [3.8, 4) is 6.07 Å². The summed E-state index contributed by atoms with van der Waals surface area (Å²) < 4.78 is 0. The molecule has 1 N–H and O–H groups in total. The molecule has 0 spiro atoms. The second kappa shape index (κ2) is 9.54. The molecule has 3 aromatic rings. The molecule has 36 heavy (non-hydrogen) atoms. The molecule has 6 nitrogen and oxygen atoms in total. The zero-order valence-electron chi connectivity index (χ0n) is 20.7. The first-order valence-corrected chi connectivity index (χ1v) is 13.8. The first-order valence-electron chi connectivity index (χ1n) is 13.0. The van der Waals surface area contributed by atoms with E-state index < -0.39 is 0 Å². The molecule has 0 radical (unpaired) electrons. The summed E-state index contributed by atoms with van der Waals surface area (Å²) in [6.07, 6.45) is 4.57. The number of anilines is 1. The normalized spacial score (nSPS) is 26.2. The molecule has 2 aliphatic carbocycles. The minimum absolute atomic E-state index is 0.200. The molecule has 2 saturated carbocycles. The number of H-pyrrole nitrogens is 1. The van der Waals surface area contributed by atoms with Crippen LogP contribution in [-0.4, -0.2) is 72.1 Å². The number of piperazine rings is 1. The molecule has 8 heteroatoms. The van der Waals surface area contributed by atoms with E-state index >= 15 is 0 Å². The quantitative estimate of drug-likeness (QED) is 0.455. The lowest BCUT2D eigenvalue weighted by molar-refractivity contribution is 0.153. The highest BCUT2D eigenvalue weighted by Gasteiger charge is 2.63. The molecule has 188 valence electrons. The van der Waals surface area contributed by atoms with Crippen molar-refractivity contribution in [3.05, 3.63) is 57.6 Å². The van der Waals surface area contributed by atoms with Crippen LogP contribution in [0.4, 0.5) is 5.95 Å². The fourth-order valence-corrected chi connectivity index (χ4v) is 6.89. The Bertz CT molecular complexity index is 1270. The van der Waals surface area contributed by atoms with Gasteiger partial charge in [-0.05, 0) is 75.0 Å². The van der Waals surface area contributed by atoms with Crippen LogP contribution in [0.1, 0.15) is 36.8 Å². The van der Waals surface area contributed by atoms with Gasteiger partial charge in [-0.3, -0.25) is 0 Å². The monoisotopic (exact) mass is 522 g/mol. The van der Waals surface area contributed by atoms with E-state index in [0.717, 1.165) is 81.1 Å². The molecule has 0 amide bonds. The van der Waals surface area contributed by atoms with Crippen molar-refractivity contribution in [2.45, 2.75) is 37.1 Å². The fraction of sp³-hybridized carbons (Fsp3) is 0.500. The molecule has 6 rings (SSSR count). The average Bonchev–Trinajstić information content (AvgIpc) is 3.31. The summed E-state index contributed by atoms with van der Waals surface area (Å²) in [6.45, 7) is 6.64. The number of likely N-dealkylation sites (N-methyl/N-ethyl adjacent to an activating group) is 1. The van der Waals surface area contributed by atoms with Gasteiger partial charge in [0.05, 0.1) is 32.7 Å². The summed E-state index contributed by atoms with van der Waals surface area (Å²) in [5.74, 6) is 1.50. The van der Waals surface area contributed by atoms with E-state index in [1.807, 2.05) is 24.3 Å². The number of aromatic nitrogens is 2. The molecule has 3 atom stereocenters. The Balaban J connectivity index is 1.25. The van der Waals surface area contributed by atoms with E-state index in [2.05, 4.69) is 44.9 Å². The number of nitriles is 1. The molecule has 1 aliphatic heterocycles. The molecule has 0 unspecified atom stereocenters. The number of hydrogen-bond acceptors (Lipinski definition) is 5. The molecule has 1 saturated heterocycles. The first-order chi connectivity index (χ1) is 17.5. The predicted molar refractivity (Wildman–Crippen MR) is 146 cm³/mol. The van der Waals surface area contributed by atoms with Gasteiger partial charge in [-0.15, -0.1) is 0 Å². The van der Waals surface area contributed by atoms with Crippen LogP contribution in [0.25, 0.3) is 11.0 Å². The van der Waals surface area contributed by atoms with Crippen LogP contribution >= 0.6 is 23.2 Å². The minimum atomic E-state index is 0.200. The minimum Gasteiger partial charge on any atom is -0.339 e. The van der Waals surface area contributed by atoms with Gasteiger partial charge < -0.3 is 19.7 Å². The van der Waals surface area contributed by atoms with Crippen LogP contribution in [0, 0.1) is 17.2 Å². The largest absolute Gasteiger partial charge is 0.339 e. The van der Waals surface area contributed by atoms with Crippen molar-refractivity contribution < 1.29 is 0 Å². The number of imidazole rings is 1. The second-order valence-corrected chi connectivity index (χ2v) is 11.6. The average molecular weight is 524 g/mol. The molecular formula is C28H32Cl2N6. The van der Waals surface area contributed by atoms with Gasteiger partial charge in [-0.25, -0.2) is 4.98 Å². The van der Waals surface area contributed by atoms with E-state index in [1.165, 1.54) is 12.0 Å². The topological polar surface area (TPSA) is 62.2 Å². The lowest BCUT2D eigenvalue weighted by atomic mass is 9.92. The lowest BCUT2D eigenvalue weighted by Gasteiger charge is -2.34. The van der Waals surface area contributed by atoms with E-state index in [0.29, 0.717) is 22.0 Å². The Morgan fingerprint density at radius 3 is 2.75 bits per heavy atom. The third kappa shape index (κ3) is 4.37. The molecule has 2 heterocycles. The smallest absolute Gasteiger partial charge is 0.204 e. The third-order valence-corrected chi connectivity index (χ3v) is 9.43. The highest BCUT2D eigenvalue weighted by atomic mass is 35.5. The van der Waals surface area contributed by atoms with Gasteiger partial charge in [0.1, 0.15) is 0 Å². The second-order valence-electron chi connectivity index (χ2n) is 10.8. The number of rotatable bonds is 7.